The molecule has 0 unspecified atom stereocenters. The Kier molecular flexibility index (Phi) is 6.20. The largest absolute Gasteiger partial charge is 0.375 e. The molecule has 0 spiro atoms. The van der Waals surface area contributed by atoms with Crippen molar-refractivity contribution in [1.29, 1.82) is 0 Å². The van der Waals surface area contributed by atoms with Gasteiger partial charge in [-0.3, -0.25) is 0 Å². The molecule has 0 radical (unpaired) electrons. The topological polar surface area (TPSA) is 21.3 Å². The van der Waals surface area contributed by atoms with Gasteiger partial charge in [0.25, 0.3) is 5.92 Å². The molecule has 0 rings (SSSR count). The molecule has 0 aliphatic rings. The van der Waals surface area contributed by atoms with Gasteiger partial charge in [0.15, 0.2) is 0 Å². The molecule has 86 valence electrons. The molecule has 0 heterocycles. The highest BCUT2D eigenvalue weighted by atomic mass is 19.3. The Balaban J connectivity index is 3.61. The summed E-state index contributed by atoms with van der Waals surface area (Å²) in [6.07, 6.45) is 0. The second kappa shape index (κ2) is 6.30. The zero-order valence-corrected chi connectivity index (χ0v) is 9.44. The van der Waals surface area contributed by atoms with Crippen molar-refractivity contribution in [1.82, 2.24) is 5.32 Å². The van der Waals surface area contributed by atoms with Crippen LogP contribution in [0.5, 0.6) is 0 Å². The van der Waals surface area contributed by atoms with Crippen LogP contribution in [-0.4, -0.2) is 31.7 Å². The second-order valence-corrected chi connectivity index (χ2v) is 4.30. The van der Waals surface area contributed by atoms with Crippen LogP contribution in [0.25, 0.3) is 0 Å². The third kappa shape index (κ3) is 8.38. The van der Waals surface area contributed by atoms with Crippen molar-refractivity contribution in [3.05, 3.63) is 0 Å². The van der Waals surface area contributed by atoms with Crippen LogP contribution in [-0.2, 0) is 4.74 Å². The van der Waals surface area contributed by atoms with Crippen LogP contribution in [0.4, 0.5) is 8.78 Å². The van der Waals surface area contributed by atoms with Gasteiger partial charge in [0, 0.05) is 12.6 Å². The predicted molar refractivity (Wildman–Crippen MR) is 53.7 cm³/mol. The molecule has 0 aromatic rings. The van der Waals surface area contributed by atoms with E-state index in [4.69, 9.17) is 4.74 Å². The van der Waals surface area contributed by atoms with Gasteiger partial charge in [-0.05, 0) is 5.92 Å². The Morgan fingerprint density at radius 2 is 1.79 bits per heavy atom. The molecule has 0 saturated carbocycles. The summed E-state index contributed by atoms with van der Waals surface area (Å²) < 4.78 is 31.0. The number of nitrogens with one attached hydrogen (secondary N) is 1. The standard InChI is InChI=1S/C10H21F2NO/c1-8(2)5-14-7-10(11,12)6-13-9(3)4/h8-9,13H,5-7H2,1-4H3. The van der Waals surface area contributed by atoms with Crippen molar-refractivity contribution in [2.24, 2.45) is 5.92 Å². The highest BCUT2D eigenvalue weighted by Gasteiger charge is 2.29. The number of ether oxygens (including phenoxy) is 1. The molecule has 0 aliphatic carbocycles. The zero-order valence-electron chi connectivity index (χ0n) is 9.44. The lowest BCUT2D eigenvalue weighted by Gasteiger charge is -2.19. The average Bonchev–Trinajstić information content (AvgIpc) is 2.00. The number of halogens is 2. The smallest absolute Gasteiger partial charge is 0.283 e. The van der Waals surface area contributed by atoms with Crippen molar-refractivity contribution in [3.63, 3.8) is 0 Å². The molecule has 0 fully saturated rings. The Bertz CT molecular complexity index is 149. The molecule has 0 aromatic carbocycles. The van der Waals surface area contributed by atoms with Gasteiger partial charge in [0.05, 0.1) is 6.54 Å². The van der Waals surface area contributed by atoms with Crippen molar-refractivity contribution < 1.29 is 13.5 Å². The summed E-state index contributed by atoms with van der Waals surface area (Å²) in [5.74, 6) is -2.47. The molecular formula is C10H21F2NO. The fourth-order valence-electron chi connectivity index (χ4n) is 0.848. The van der Waals surface area contributed by atoms with Gasteiger partial charge in [-0.1, -0.05) is 27.7 Å². The van der Waals surface area contributed by atoms with Crippen LogP contribution in [0.15, 0.2) is 0 Å². The monoisotopic (exact) mass is 209 g/mol. The molecule has 14 heavy (non-hydrogen) atoms. The third-order valence-corrected chi connectivity index (χ3v) is 1.53. The minimum absolute atomic E-state index is 0.0750. The van der Waals surface area contributed by atoms with Crippen molar-refractivity contribution in [3.8, 4) is 0 Å². The van der Waals surface area contributed by atoms with Crippen LogP contribution in [0, 0.1) is 5.92 Å². The van der Waals surface area contributed by atoms with Crippen molar-refractivity contribution in [2.75, 3.05) is 19.8 Å². The van der Waals surface area contributed by atoms with E-state index in [1.165, 1.54) is 0 Å². The lowest BCUT2D eigenvalue weighted by molar-refractivity contribution is -0.0799. The summed E-state index contributed by atoms with van der Waals surface area (Å²) in [5.41, 5.74) is 0. The van der Waals surface area contributed by atoms with Gasteiger partial charge in [-0.25, -0.2) is 8.78 Å². The number of hydrogen-bond donors (Lipinski definition) is 1. The van der Waals surface area contributed by atoms with E-state index in [2.05, 4.69) is 5.32 Å². The van der Waals surface area contributed by atoms with Crippen molar-refractivity contribution in [2.45, 2.75) is 39.7 Å². The van der Waals surface area contributed by atoms with E-state index in [-0.39, 0.29) is 12.6 Å². The molecule has 0 bridgehead atoms. The van der Waals surface area contributed by atoms with Gasteiger partial charge in [0.1, 0.15) is 6.61 Å². The number of alkyl halides is 2. The molecule has 2 nitrogen and oxygen atoms in total. The van der Waals surface area contributed by atoms with E-state index in [9.17, 15) is 8.78 Å². The lowest BCUT2D eigenvalue weighted by atomic mass is 10.2. The molecule has 1 N–H and O–H groups in total. The average molecular weight is 209 g/mol. The molecule has 0 saturated heterocycles. The van der Waals surface area contributed by atoms with Gasteiger partial charge in [0.2, 0.25) is 0 Å². The van der Waals surface area contributed by atoms with Crippen molar-refractivity contribution >= 4 is 0 Å². The zero-order chi connectivity index (χ0) is 11.2. The third-order valence-electron chi connectivity index (χ3n) is 1.53. The van der Waals surface area contributed by atoms with Gasteiger partial charge < -0.3 is 10.1 Å². The highest BCUT2D eigenvalue weighted by molar-refractivity contribution is 4.70. The van der Waals surface area contributed by atoms with Crippen LogP contribution in [0.2, 0.25) is 0 Å². The summed E-state index contributed by atoms with van der Waals surface area (Å²) in [7, 11) is 0. The summed E-state index contributed by atoms with van der Waals surface area (Å²) in [6, 6.07) is 0.0750. The number of rotatable bonds is 7. The maximum Gasteiger partial charge on any atom is 0.283 e. The summed E-state index contributed by atoms with van der Waals surface area (Å²) >= 11 is 0. The van der Waals surface area contributed by atoms with Crippen LogP contribution in [0.3, 0.4) is 0 Å². The molecular weight excluding hydrogens is 188 g/mol. The van der Waals surface area contributed by atoms with Gasteiger partial charge in [-0.2, -0.15) is 0 Å². The fourth-order valence-corrected chi connectivity index (χ4v) is 0.848. The first kappa shape index (κ1) is 13.8. The normalized spacial score (nSPS) is 12.9. The van der Waals surface area contributed by atoms with E-state index in [1.54, 1.807) is 0 Å². The Morgan fingerprint density at radius 1 is 1.21 bits per heavy atom. The quantitative estimate of drug-likeness (QED) is 0.694. The minimum atomic E-state index is -2.76. The molecule has 0 aliphatic heterocycles. The maximum absolute atomic E-state index is 13.0. The second-order valence-electron chi connectivity index (χ2n) is 4.30. The SMILES string of the molecule is CC(C)COCC(F)(F)CNC(C)C. The van der Waals surface area contributed by atoms with Crippen LogP contribution < -0.4 is 5.32 Å². The summed E-state index contributed by atoms with van der Waals surface area (Å²) in [5, 5.41) is 2.69. The Hall–Kier alpha value is -0.220. The van der Waals surface area contributed by atoms with E-state index >= 15 is 0 Å². The highest BCUT2D eigenvalue weighted by Crippen LogP contribution is 2.13. The van der Waals surface area contributed by atoms with Gasteiger partial charge >= 0.3 is 0 Å². The minimum Gasteiger partial charge on any atom is -0.375 e. The predicted octanol–water partition coefficient (Wildman–Crippen LogP) is 2.29. The first-order valence-corrected chi connectivity index (χ1v) is 5.02. The summed E-state index contributed by atoms with van der Waals surface area (Å²) in [6.45, 7) is 7.12. The van der Waals surface area contributed by atoms with E-state index < -0.39 is 12.5 Å². The molecule has 0 amide bonds. The Morgan fingerprint density at radius 3 is 2.21 bits per heavy atom. The lowest BCUT2D eigenvalue weighted by Crippen LogP contribution is -2.40. The molecule has 0 atom stereocenters. The first-order chi connectivity index (χ1) is 6.33. The molecule has 0 aromatic heterocycles. The van der Waals surface area contributed by atoms with Gasteiger partial charge in [-0.15, -0.1) is 0 Å². The number of hydrogen-bond acceptors (Lipinski definition) is 2. The molecule has 4 heteroatoms. The van der Waals surface area contributed by atoms with E-state index in [1.807, 2.05) is 27.7 Å². The Labute approximate surface area is 85.0 Å². The first-order valence-electron chi connectivity index (χ1n) is 5.02. The van der Waals surface area contributed by atoms with E-state index in [0.717, 1.165) is 0 Å². The van der Waals surface area contributed by atoms with Crippen LogP contribution in [0.1, 0.15) is 27.7 Å². The van der Waals surface area contributed by atoms with Crippen LogP contribution >= 0.6 is 0 Å². The summed E-state index contributed by atoms with van der Waals surface area (Å²) in [4.78, 5) is 0. The maximum atomic E-state index is 13.0. The van der Waals surface area contributed by atoms with E-state index in [0.29, 0.717) is 12.5 Å². The fraction of sp³-hybridized carbons (Fsp3) is 1.00.